The van der Waals surface area contributed by atoms with Gasteiger partial charge in [-0.1, -0.05) is 36.4 Å². The van der Waals surface area contributed by atoms with Crippen molar-refractivity contribution >= 4 is 18.0 Å². The van der Waals surface area contributed by atoms with Gasteiger partial charge in [0, 0.05) is 0 Å². The fourth-order valence-corrected chi connectivity index (χ4v) is 2.85. The van der Waals surface area contributed by atoms with Crippen LogP contribution in [-0.4, -0.2) is 26.2 Å². The molecule has 0 aliphatic heterocycles. The van der Waals surface area contributed by atoms with Gasteiger partial charge >= 0.3 is 11.9 Å². The van der Waals surface area contributed by atoms with Crippen LogP contribution in [0, 0.1) is 11.3 Å². The van der Waals surface area contributed by atoms with Crippen LogP contribution >= 0.6 is 0 Å². The largest absolute Gasteiger partial charge is 0.468 e. The molecule has 21 heavy (non-hydrogen) atoms. The Morgan fingerprint density at radius 3 is 2.43 bits per heavy atom. The van der Waals surface area contributed by atoms with Crippen molar-refractivity contribution in [3.8, 4) is 0 Å². The molecule has 112 valence electrons. The normalized spacial score (nSPS) is 19.3. The Kier molecular flexibility index (Phi) is 4.46. The smallest absolute Gasteiger partial charge is 0.323 e. The zero-order valence-electron chi connectivity index (χ0n) is 12.6. The van der Waals surface area contributed by atoms with Gasteiger partial charge in [-0.05, 0) is 36.8 Å². The second kappa shape index (κ2) is 6.12. The van der Waals surface area contributed by atoms with Crippen molar-refractivity contribution in [1.29, 1.82) is 0 Å². The molecule has 1 saturated carbocycles. The van der Waals surface area contributed by atoms with Crippen LogP contribution in [0.2, 0.25) is 0 Å². The predicted octanol–water partition coefficient (Wildman–Crippen LogP) is 2.61. The molecular weight excluding hydrogens is 268 g/mol. The lowest BCUT2D eigenvalue weighted by Crippen LogP contribution is -2.30. The number of carbonyl (C=O) groups excluding carboxylic acids is 2. The van der Waals surface area contributed by atoms with Gasteiger partial charge in [-0.25, -0.2) is 0 Å². The summed E-state index contributed by atoms with van der Waals surface area (Å²) in [5, 5.41) is 0. The Balaban J connectivity index is 2.22. The standard InChI is InChI=1S/C17H20O4/c1-4-7-12-8-5-6-9-13(12)10-14-11-17(14,15(18)20-2)16(19)21-3/h4-9,14H,10-11H2,1-3H3/b7-4+. The molecule has 1 fully saturated rings. The minimum absolute atomic E-state index is 0.0659. The van der Waals surface area contributed by atoms with E-state index in [-0.39, 0.29) is 5.92 Å². The van der Waals surface area contributed by atoms with E-state index in [1.54, 1.807) is 0 Å². The summed E-state index contributed by atoms with van der Waals surface area (Å²) in [5.41, 5.74) is 1.11. The highest BCUT2D eigenvalue weighted by Gasteiger charge is 2.67. The van der Waals surface area contributed by atoms with Gasteiger partial charge in [-0.2, -0.15) is 0 Å². The maximum Gasteiger partial charge on any atom is 0.323 e. The molecule has 4 nitrogen and oxygen atoms in total. The van der Waals surface area contributed by atoms with Crippen molar-refractivity contribution in [2.75, 3.05) is 14.2 Å². The first kappa shape index (κ1) is 15.3. The van der Waals surface area contributed by atoms with Crippen molar-refractivity contribution in [1.82, 2.24) is 0 Å². The SMILES string of the molecule is C/C=C/c1ccccc1CC1CC1(C(=O)OC)C(=O)OC. The van der Waals surface area contributed by atoms with Crippen molar-refractivity contribution in [2.45, 2.75) is 19.8 Å². The van der Waals surface area contributed by atoms with E-state index in [4.69, 9.17) is 9.47 Å². The minimum atomic E-state index is -1.12. The van der Waals surface area contributed by atoms with E-state index in [9.17, 15) is 9.59 Å². The summed E-state index contributed by atoms with van der Waals surface area (Å²) in [4.78, 5) is 23.9. The molecule has 1 atom stereocenters. The van der Waals surface area contributed by atoms with Crippen LogP contribution in [0.5, 0.6) is 0 Å². The Labute approximate surface area is 124 Å². The quantitative estimate of drug-likeness (QED) is 0.617. The number of esters is 2. The van der Waals surface area contributed by atoms with E-state index < -0.39 is 17.4 Å². The molecule has 0 radical (unpaired) electrons. The number of hydrogen-bond donors (Lipinski definition) is 0. The second-order valence-corrected chi connectivity index (χ2v) is 5.26. The molecule has 1 aliphatic carbocycles. The number of methoxy groups -OCH3 is 2. The average Bonchev–Trinajstić information content (AvgIpc) is 3.23. The zero-order chi connectivity index (χ0) is 15.5. The van der Waals surface area contributed by atoms with Crippen molar-refractivity contribution in [3.05, 3.63) is 41.5 Å². The second-order valence-electron chi connectivity index (χ2n) is 5.26. The first-order chi connectivity index (χ1) is 10.1. The molecule has 1 aromatic carbocycles. The number of carbonyl (C=O) groups is 2. The molecule has 0 aromatic heterocycles. The molecule has 2 rings (SSSR count). The van der Waals surface area contributed by atoms with Crippen LogP contribution in [0.4, 0.5) is 0 Å². The van der Waals surface area contributed by atoms with Gasteiger partial charge < -0.3 is 9.47 Å². The van der Waals surface area contributed by atoms with E-state index in [0.717, 1.165) is 11.1 Å². The number of ether oxygens (including phenoxy) is 2. The molecule has 1 aliphatic rings. The number of benzene rings is 1. The third-order valence-electron chi connectivity index (χ3n) is 4.07. The minimum Gasteiger partial charge on any atom is -0.468 e. The van der Waals surface area contributed by atoms with E-state index in [1.165, 1.54) is 14.2 Å². The molecule has 1 unspecified atom stereocenters. The third-order valence-corrected chi connectivity index (χ3v) is 4.07. The van der Waals surface area contributed by atoms with Crippen molar-refractivity contribution < 1.29 is 19.1 Å². The monoisotopic (exact) mass is 288 g/mol. The number of hydrogen-bond acceptors (Lipinski definition) is 4. The van der Waals surface area contributed by atoms with Crippen LogP contribution in [0.25, 0.3) is 6.08 Å². The van der Waals surface area contributed by atoms with Gasteiger partial charge in [0.15, 0.2) is 5.41 Å². The summed E-state index contributed by atoms with van der Waals surface area (Å²) in [6.07, 6.45) is 5.14. The highest BCUT2D eigenvalue weighted by molar-refractivity contribution is 6.03. The van der Waals surface area contributed by atoms with E-state index in [1.807, 2.05) is 43.3 Å². The molecule has 0 heterocycles. The molecule has 0 bridgehead atoms. The van der Waals surface area contributed by atoms with Crippen molar-refractivity contribution in [3.63, 3.8) is 0 Å². The van der Waals surface area contributed by atoms with Gasteiger partial charge in [0.2, 0.25) is 0 Å². The van der Waals surface area contributed by atoms with Gasteiger partial charge in [0.25, 0.3) is 0 Å². The van der Waals surface area contributed by atoms with Crippen LogP contribution in [0.3, 0.4) is 0 Å². The Hall–Kier alpha value is -2.10. The molecular formula is C17H20O4. The third kappa shape index (κ3) is 2.71. The number of rotatable bonds is 5. The highest BCUT2D eigenvalue weighted by Crippen LogP contribution is 2.56. The van der Waals surface area contributed by atoms with Crippen LogP contribution in [-0.2, 0) is 25.5 Å². The zero-order valence-corrected chi connectivity index (χ0v) is 12.6. The predicted molar refractivity (Wildman–Crippen MR) is 79.4 cm³/mol. The summed E-state index contributed by atoms with van der Waals surface area (Å²) in [6.45, 7) is 1.96. The molecule has 0 amide bonds. The van der Waals surface area contributed by atoms with E-state index >= 15 is 0 Å². The maximum atomic E-state index is 12.0. The van der Waals surface area contributed by atoms with Crippen molar-refractivity contribution in [2.24, 2.45) is 11.3 Å². The first-order valence-corrected chi connectivity index (χ1v) is 6.97. The summed E-state index contributed by atoms with van der Waals surface area (Å²) in [6, 6.07) is 7.98. The first-order valence-electron chi connectivity index (χ1n) is 6.97. The maximum absolute atomic E-state index is 12.0. The fraction of sp³-hybridized carbons (Fsp3) is 0.412. The Morgan fingerprint density at radius 1 is 1.24 bits per heavy atom. The summed E-state index contributed by atoms with van der Waals surface area (Å²) >= 11 is 0. The topological polar surface area (TPSA) is 52.6 Å². The highest BCUT2D eigenvalue weighted by atomic mass is 16.5. The number of allylic oxidation sites excluding steroid dienone is 1. The van der Waals surface area contributed by atoms with Gasteiger partial charge in [-0.15, -0.1) is 0 Å². The Morgan fingerprint density at radius 2 is 1.86 bits per heavy atom. The van der Waals surface area contributed by atoms with Crippen LogP contribution in [0.1, 0.15) is 24.5 Å². The lowest BCUT2D eigenvalue weighted by molar-refractivity contribution is -0.162. The van der Waals surface area contributed by atoms with Gasteiger partial charge in [-0.3, -0.25) is 9.59 Å². The summed E-state index contributed by atoms with van der Waals surface area (Å²) in [5.74, 6) is -1.06. The summed E-state index contributed by atoms with van der Waals surface area (Å²) in [7, 11) is 2.60. The lowest BCUT2D eigenvalue weighted by Gasteiger charge is -2.13. The molecule has 0 spiro atoms. The Bertz CT molecular complexity index is 558. The van der Waals surface area contributed by atoms with Gasteiger partial charge in [0.1, 0.15) is 0 Å². The van der Waals surface area contributed by atoms with E-state index in [2.05, 4.69) is 0 Å². The van der Waals surface area contributed by atoms with E-state index in [0.29, 0.717) is 12.8 Å². The molecule has 1 aromatic rings. The summed E-state index contributed by atoms with van der Waals surface area (Å²) < 4.78 is 9.58. The van der Waals surface area contributed by atoms with Crippen LogP contribution in [0.15, 0.2) is 30.3 Å². The molecule has 0 saturated heterocycles. The average molecular weight is 288 g/mol. The van der Waals surface area contributed by atoms with Gasteiger partial charge in [0.05, 0.1) is 14.2 Å². The lowest BCUT2D eigenvalue weighted by atomic mass is 9.96. The van der Waals surface area contributed by atoms with Crippen LogP contribution < -0.4 is 0 Å². The fourth-order valence-electron chi connectivity index (χ4n) is 2.85. The molecule has 0 N–H and O–H groups in total. The molecule has 4 heteroatoms.